The van der Waals surface area contributed by atoms with E-state index in [0.29, 0.717) is 37.1 Å². The van der Waals surface area contributed by atoms with E-state index in [0.717, 1.165) is 4.31 Å². The van der Waals surface area contributed by atoms with E-state index >= 15 is 0 Å². The molecule has 0 saturated heterocycles. The lowest BCUT2D eigenvalue weighted by molar-refractivity contribution is 0.0692. The molecule has 0 radical (unpaired) electrons. The van der Waals surface area contributed by atoms with Gasteiger partial charge in [0, 0.05) is 31.3 Å². The number of anilines is 1. The lowest BCUT2D eigenvalue weighted by atomic mass is 10.2. The van der Waals surface area contributed by atoms with E-state index in [2.05, 4.69) is 5.32 Å². The van der Waals surface area contributed by atoms with E-state index < -0.39 is 10.0 Å². The second-order valence-corrected chi connectivity index (χ2v) is 8.25. The number of nitrogens with zero attached hydrogens (tertiary/aromatic N) is 1. The van der Waals surface area contributed by atoms with Crippen molar-refractivity contribution in [1.29, 1.82) is 0 Å². The Kier molecular flexibility index (Phi) is 8.25. The fraction of sp³-hybridized carbons (Fsp3) is 0.316. The number of carbonyl (C=O) groups is 1. The Morgan fingerprint density at radius 1 is 1.11 bits per heavy atom. The number of halogens is 1. The van der Waals surface area contributed by atoms with Crippen molar-refractivity contribution in [1.82, 2.24) is 5.32 Å². The Labute approximate surface area is 170 Å². The molecule has 0 fully saturated rings. The van der Waals surface area contributed by atoms with E-state index in [1.807, 2.05) is 0 Å². The van der Waals surface area contributed by atoms with E-state index in [1.165, 1.54) is 25.2 Å². The van der Waals surface area contributed by atoms with Crippen molar-refractivity contribution < 1.29 is 22.7 Å². The second-order valence-electron chi connectivity index (χ2n) is 5.84. The van der Waals surface area contributed by atoms with Gasteiger partial charge in [0.1, 0.15) is 0 Å². The van der Waals surface area contributed by atoms with Gasteiger partial charge in [0.2, 0.25) is 0 Å². The van der Waals surface area contributed by atoms with Crippen LogP contribution in [0.15, 0.2) is 53.4 Å². The number of carbonyl (C=O) groups excluding carboxylic acids is 1. The molecular weight excluding hydrogens is 404 g/mol. The van der Waals surface area contributed by atoms with Crippen LogP contribution < -0.4 is 9.62 Å². The molecule has 0 saturated carbocycles. The van der Waals surface area contributed by atoms with Gasteiger partial charge in [-0.2, -0.15) is 0 Å². The maximum atomic E-state index is 12.9. The number of rotatable bonds is 10. The minimum atomic E-state index is -3.84. The molecule has 2 rings (SSSR count). The monoisotopic (exact) mass is 426 g/mol. The van der Waals surface area contributed by atoms with Gasteiger partial charge in [0.05, 0.1) is 30.4 Å². The third-order valence-corrected chi connectivity index (χ3v) is 5.91. The van der Waals surface area contributed by atoms with Crippen LogP contribution in [0.1, 0.15) is 10.4 Å². The van der Waals surface area contributed by atoms with Crippen molar-refractivity contribution in [3.63, 3.8) is 0 Å². The average molecular weight is 427 g/mol. The molecule has 9 heteroatoms. The normalized spacial score (nSPS) is 11.2. The van der Waals surface area contributed by atoms with E-state index in [-0.39, 0.29) is 16.4 Å². The number of hydrogen-bond acceptors (Lipinski definition) is 5. The Bertz CT molecular complexity index is 905. The molecule has 0 aromatic heterocycles. The SMILES string of the molecule is COCCOCCNC(=O)c1cccc(S(=O)(=O)N(C)c2cccc(Cl)c2)c1. The third kappa shape index (κ3) is 5.93. The van der Waals surface area contributed by atoms with Crippen LogP contribution in [0.2, 0.25) is 5.02 Å². The van der Waals surface area contributed by atoms with Crippen LogP contribution in [0.4, 0.5) is 5.69 Å². The molecule has 2 aromatic rings. The quantitative estimate of drug-likeness (QED) is 0.590. The van der Waals surface area contributed by atoms with Gasteiger partial charge in [-0.05, 0) is 36.4 Å². The summed E-state index contributed by atoms with van der Waals surface area (Å²) in [5.74, 6) is -0.377. The maximum absolute atomic E-state index is 12.9. The van der Waals surface area contributed by atoms with E-state index in [4.69, 9.17) is 21.1 Å². The van der Waals surface area contributed by atoms with Crippen LogP contribution in [0.25, 0.3) is 0 Å². The molecule has 1 amide bonds. The highest BCUT2D eigenvalue weighted by molar-refractivity contribution is 7.92. The van der Waals surface area contributed by atoms with Gasteiger partial charge >= 0.3 is 0 Å². The number of hydrogen-bond donors (Lipinski definition) is 1. The first kappa shape index (κ1) is 22.2. The number of ether oxygens (including phenoxy) is 2. The molecule has 0 bridgehead atoms. The smallest absolute Gasteiger partial charge is 0.264 e. The number of amides is 1. The molecule has 28 heavy (non-hydrogen) atoms. The zero-order valence-electron chi connectivity index (χ0n) is 15.7. The van der Waals surface area contributed by atoms with Crippen LogP contribution in [0, 0.1) is 0 Å². The first-order valence-electron chi connectivity index (χ1n) is 8.55. The maximum Gasteiger partial charge on any atom is 0.264 e. The fourth-order valence-corrected chi connectivity index (χ4v) is 3.77. The summed E-state index contributed by atoms with van der Waals surface area (Å²) in [6.07, 6.45) is 0. The van der Waals surface area contributed by atoms with Crippen molar-refractivity contribution in [2.75, 3.05) is 44.8 Å². The Balaban J connectivity index is 2.07. The number of nitrogens with one attached hydrogen (secondary N) is 1. The second kappa shape index (κ2) is 10.4. The van der Waals surface area contributed by atoms with E-state index in [1.54, 1.807) is 37.4 Å². The molecular formula is C19H23ClN2O5S. The van der Waals surface area contributed by atoms with Crippen LogP contribution in [0.3, 0.4) is 0 Å². The van der Waals surface area contributed by atoms with Gasteiger partial charge in [0.25, 0.3) is 15.9 Å². The number of sulfonamides is 1. The Morgan fingerprint density at radius 3 is 2.57 bits per heavy atom. The van der Waals surface area contributed by atoms with Gasteiger partial charge in [-0.1, -0.05) is 23.7 Å². The minimum absolute atomic E-state index is 0.0129. The molecule has 0 aliphatic rings. The third-order valence-electron chi connectivity index (χ3n) is 3.89. The summed E-state index contributed by atoms with van der Waals surface area (Å²) >= 11 is 5.95. The number of methoxy groups -OCH3 is 1. The van der Waals surface area contributed by atoms with Crippen molar-refractivity contribution in [3.05, 3.63) is 59.1 Å². The molecule has 0 unspecified atom stereocenters. The molecule has 0 spiro atoms. The minimum Gasteiger partial charge on any atom is -0.382 e. The zero-order valence-corrected chi connectivity index (χ0v) is 17.3. The summed E-state index contributed by atoms with van der Waals surface area (Å²) in [5, 5.41) is 3.12. The van der Waals surface area contributed by atoms with E-state index in [9.17, 15) is 13.2 Å². The fourth-order valence-electron chi connectivity index (χ4n) is 2.35. The first-order chi connectivity index (χ1) is 13.4. The Morgan fingerprint density at radius 2 is 1.86 bits per heavy atom. The molecule has 152 valence electrons. The topological polar surface area (TPSA) is 84.9 Å². The van der Waals surface area contributed by atoms with Crippen LogP contribution >= 0.6 is 11.6 Å². The molecule has 7 nitrogen and oxygen atoms in total. The van der Waals surface area contributed by atoms with Crippen molar-refractivity contribution in [3.8, 4) is 0 Å². The van der Waals surface area contributed by atoms with Gasteiger partial charge in [-0.25, -0.2) is 8.42 Å². The summed E-state index contributed by atoms with van der Waals surface area (Å²) in [5.41, 5.74) is 0.674. The molecule has 2 aromatic carbocycles. The summed E-state index contributed by atoms with van der Waals surface area (Å²) in [7, 11) is -0.829. The van der Waals surface area contributed by atoms with Gasteiger partial charge in [0.15, 0.2) is 0 Å². The molecule has 0 aliphatic heterocycles. The highest BCUT2D eigenvalue weighted by Crippen LogP contribution is 2.25. The van der Waals surface area contributed by atoms with Gasteiger partial charge in [-0.15, -0.1) is 0 Å². The van der Waals surface area contributed by atoms with Crippen molar-refractivity contribution in [2.45, 2.75) is 4.90 Å². The number of benzene rings is 2. The summed E-state index contributed by atoms with van der Waals surface area (Å²) in [6.45, 7) is 1.57. The summed E-state index contributed by atoms with van der Waals surface area (Å²) in [4.78, 5) is 12.3. The zero-order chi connectivity index (χ0) is 20.6. The first-order valence-corrected chi connectivity index (χ1v) is 10.4. The lowest BCUT2D eigenvalue weighted by Crippen LogP contribution is -2.29. The Hall–Kier alpha value is -2.13. The predicted molar refractivity (Wildman–Crippen MR) is 109 cm³/mol. The van der Waals surface area contributed by atoms with Crippen LogP contribution in [0.5, 0.6) is 0 Å². The van der Waals surface area contributed by atoms with Gasteiger partial charge in [-0.3, -0.25) is 9.10 Å². The lowest BCUT2D eigenvalue weighted by Gasteiger charge is -2.20. The summed E-state index contributed by atoms with van der Waals surface area (Å²) < 4.78 is 37.1. The highest BCUT2D eigenvalue weighted by Gasteiger charge is 2.22. The van der Waals surface area contributed by atoms with Crippen LogP contribution in [-0.4, -0.2) is 54.8 Å². The molecule has 0 aliphatic carbocycles. The van der Waals surface area contributed by atoms with Crippen molar-refractivity contribution in [2.24, 2.45) is 0 Å². The largest absolute Gasteiger partial charge is 0.382 e. The molecule has 0 heterocycles. The van der Waals surface area contributed by atoms with Crippen LogP contribution in [-0.2, 0) is 19.5 Å². The predicted octanol–water partition coefficient (Wildman–Crippen LogP) is 2.56. The molecule has 0 atom stereocenters. The standard InChI is InChI=1S/C19H23ClN2O5S/c1-22(17-7-4-6-16(20)14-17)28(24,25)18-8-3-5-15(13-18)19(23)21-9-10-27-12-11-26-2/h3-8,13-14H,9-12H2,1-2H3,(H,21,23). The average Bonchev–Trinajstić information content (AvgIpc) is 2.70. The molecule has 1 N–H and O–H groups in total. The highest BCUT2D eigenvalue weighted by atomic mass is 35.5. The van der Waals surface area contributed by atoms with Crippen molar-refractivity contribution >= 4 is 33.2 Å². The van der Waals surface area contributed by atoms with Gasteiger partial charge < -0.3 is 14.8 Å². The summed E-state index contributed by atoms with van der Waals surface area (Å²) in [6, 6.07) is 12.4.